The van der Waals surface area contributed by atoms with Gasteiger partial charge in [0.25, 0.3) is 5.89 Å². The van der Waals surface area contributed by atoms with Crippen LogP contribution >= 0.6 is 0 Å². The van der Waals surface area contributed by atoms with E-state index in [2.05, 4.69) is 15.5 Å². The first-order chi connectivity index (χ1) is 9.35. The Morgan fingerprint density at radius 2 is 2.05 bits per heavy atom. The minimum atomic E-state index is -3.03. The zero-order valence-electron chi connectivity index (χ0n) is 11.6. The number of rotatable bonds is 5. The fraction of sp³-hybridized carbons (Fsp3) is 0.385. The molecule has 0 radical (unpaired) electrons. The summed E-state index contributed by atoms with van der Waals surface area (Å²) in [5.74, 6) is 1.03. The van der Waals surface area contributed by atoms with Crippen LogP contribution < -0.4 is 5.32 Å². The number of hydrogen-bond acceptors (Lipinski definition) is 6. The van der Waals surface area contributed by atoms with Crippen LogP contribution in [0.25, 0.3) is 11.5 Å². The van der Waals surface area contributed by atoms with Gasteiger partial charge in [0.15, 0.2) is 5.82 Å². The molecule has 6 nitrogen and oxygen atoms in total. The molecule has 2 rings (SSSR count). The number of anilines is 1. The van der Waals surface area contributed by atoms with Crippen molar-refractivity contribution in [3.8, 4) is 11.5 Å². The van der Waals surface area contributed by atoms with Crippen molar-refractivity contribution >= 4 is 15.5 Å². The largest absolute Gasteiger partial charge is 0.381 e. The molecule has 0 spiro atoms. The quantitative estimate of drug-likeness (QED) is 0.906. The molecule has 0 saturated heterocycles. The van der Waals surface area contributed by atoms with Crippen LogP contribution in [0.1, 0.15) is 12.7 Å². The smallest absolute Gasteiger partial charge is 0.260 e. The van der Waals surface area contributed by atoms with Gasteiger partial charge < -0.3 is 9.84 Å². The summed E-state index contributed by atoms with van der Waals surface area (Å²) in [5, 5.41) is 6.93. The van der Waals surface area contributed by atoms with E-state index in [-0.39, 0.29) is 11.8 Å². The van der Waals surface area contributed by atoms with Gasteiger partial charge in [-0.05, 0) is 26.0 Å². The van der Waals surface area contributed by atoms with Crippen LogP contribution in [-0.2, 0) is 9.84 Å². The second-order valence-electron chi connectivity index (χ2n) is 4.83. The maximum Gasteiger partial charge on any atom is 0.260 e. The van der Waals surface area contributed by atoms with Crippen LogP contribution in [0.15, 0.2) is 28.8 Å². The number of nitrogens with zero attached hydrogens (tertiary/aromatic N) is 2. The van der Waals surface area contributed by atoms with Crippen LogP contribution in [0, 0.1) is 6.92 Å². The average molecular weight is 295 g/mol. The molecule has 108 valence electrons. The topological polar surface area (TPSA) is 85.1 Å². The molecule has 7 heteroatoms. The molecule has 1 heterocycles. The second-order valence-corrected chi connectivity index (χ2v) is 7.01. The Balaban J connectivity index is 2.25. The number of aryl methyl sites for hydroxylation is 1. The van der Waals surface area contributed by atoms with Crippen molar-refractivity contribution in [2.75, 3.05) is 17.3 Å². The Morgan fingerprint density at radius 3 is 2.65 bits per heavy atom. The summed E-state index contributed by atoms with van der Waals surface area (Å²) in [7, 11) is -3.03. The minimum Gasteiger partial charge on any atom is -0.381 e. The molecular formula is C13H17N3O3S. The molecule has 0 fully saturated rings. The molecule has 0 bridgehead atoms. The van der Waals surface area contributed by atoms with Crippen LogP contribution in [0.4, 0.5) is 5.69 Å². The van der Waals surface area contributed by atoms with Gasteiger partial charge in [0, 0.05) is 18.0 Å². The van der Waals surface area contributed by atoms with Gasteiger partial charge in [-0.2, -0.15) is 4.98 Å². The number of para-hydroxylation sites is 1. The standard InChI is InChI=1S/C13H17N3O3S/c1-9(8-20(3,17)18)14-12-7-5-4-6-11(12)13-15-10(2)16-19-13/h4-7,9,14H,8H2,1-3H3. The molecule has 0 aliphatic heterocycles. The van der Waals surface area contributed by atoms with Gasteiger partial charge in [-0.25, -0.2) is 8.42 Å². The van der Waals surface area contributed by atoms with Gasteiger partial charge >= 0.3 is 0 Å². The highest BCUT2D eigenvalue weighted by Crippen LogP contribution is 2.26. The summed E-state index contributed by atoms with van der Waals surface area (Å²) in [6.45, 7) is 3.56. The first kappa shape index (κ1) is 14.5. The molecule has 20 heavy (non-hydrogen) atoms. The SMILES string of the molecule is Cc1noc(-c2ccccc2NC(C)CS(C)(=O)=O)n1. The number of nitrogens with one attached hydrogen (secondary N) is 1. The van der Waals surface area contributed by atoms with Crippen molar-refractivity contribution in [2.45, 2.75) is 19.9 Å². The van der Waals surface area contributed by atoms with Gasteiger partial charge in [0.05, 0.1) is 11.3 Å². The lowest BCUT2D eigenvalue weighted by Gasteiger charge is -2.16. The Morgan fingerprint density at radius 1 is 1.35 bits per heavy atom. The Kier molecular flexibility index (Phi) is 4.08. The lowest BCUT2D eigenvalue weighted by atomic mass is 10.1. The highest BCUT2D eigenvalue weighted by Gasteiger charge is 2.15. The van der Waals surface area contributed by atoms with E-state index in [9.17, 15) is 8.42 Å². The van der Waals surface area contributed by atoms with E-state index in [1.807, 2.05) is 31.2 Å². The fourth-order valence-electron chi connectivity index (χ4n) is 1.96. The van der Waals surface area contributed by atoms with Crippen molar-refractivity contribution in [3.63, 3.8) is 0 Å². The van der Waals surface area contributed by atoms with E-state index in [4.69, 9.17) is 4.52 Å². The molecule has 1 aromatic heterocycles. The van der Waals surface area contributed by atoms with Crippen LogP contribution in [-0.4, -0.2) is 36.6 Å². The summed E-state index contributed by atoms with van der Waals surface area (Å²) in [6.07, 6.45) is 1.22. The number of aromatic nitrogens is 2. The summed E-state index contributed by atoms with van der Waals surface area (Å²) in [4.78, 5) is 4.19. The van der Waals surface area contributed by atoms with Crippen LogP contribution in [0.2, 0.25) is 0 Å². The van der Waals surface area contributed by atoms with E-state index in [0.717, 1.165) is 11.3 Å². The fourth-order valence-corrected chi connectivity index (χ4v) is 2.95. The molecule has 1 aromatic carbocycles. The number of sulfone groups is 1. The van der Waals surface area contributed by atoms with Gasteiger partial charge in [-0.3, -0.25) is 0 Å². The molecule has 0 amide bonds. The predicted octanol–water partition coefficient (Wildman–Crippen LogP) is 1.89. The first-order valence-corrected chi connectivity index (χ1v) is 8.25. The monoisotopic (exact) mass is 295 g/mol. The van der Waals surface area contributed by atoms with Crippen molar-refractivity contribution in [3.05, 3.63) is 30.1 Å². The van der Waals surface area contributed by atoms with Gasteiger partial charge in [0.1, 0.15) is 9.84 Å². The molecule has 0 aliphatic rings. The van der Waals surface area contributed by atoms with Gasteiger partial charge in [-0.1, -0.05) is 17.3 Å². The van der Waals surface area contributed by atoms with E-state index in [1.165, 1.54) is 6.26 Å². The van der Waals surface area contributed by atoms with Crippen molar-refractivity contribution < 1.29 is 12.9 Å². The molecular weight excluding hydrogens is 278 g/mol. The van der Waals surface area contributed by atoms with E-state index < -0.39 is 9.84 Å². The summed E-state index contributed by atoms with van der Waals surface area (Å²) < 4.78 is 27.8. The molecule has 1 atom stereocenters. The molecule has 1 N–H and O–H groups in total. The van der Waals surface area contributed by atoms with Gasteiger partial charge in [-0.15, -0.1) is 0 Å². The first-order valence-electron chi connectivity index (χ1n) is 6.19. The van der Waals surface area contributed by atoms with E-state index in [0.29, 0.717) is 11.7 Å². The van der Waals surface area contributed by atoms with Crippen molar-refractivity contribution in [1.29, 1.82) is 0 Å². The Hall–Kier alpha value is -1.89. The number of benzene rings is 1. The third-order valence-electron chi connectivity index (χ3n) is 2.64. The van der Waals surface area contributed by atoms with Crippen LogP contribution in [0.5, 0.6) is 0 Å². The lowest BCUT2D eigenvalue weighted by molar-refractivity contribution is 0.426. The molecule has 0 aliphatic carbocycles. The van der Waals surface area contributed by atoms with Crippen molar-refractivity contribution in [2.24, 2.45) is 0 Å². The second kappa shape index (κ2) is 5.62. The highest BCUT2D eigenvalue weighted by atomic mass is 32.2. The normalized spacial score (nSPS) is 13.2. The maximum absolute atomic E-state index is 11.3. The maximum atomic E-state index is 11.3. The summed E-state index contributed by atoms with van der Waals surface area (Å²) in [5.41, 5.74) is 1.53. The molecule has 0 saturated carbocycles. The van der Waals surface area contributed by atoms with E-state index in [1.54, 1.807) is 6.92 Å². The highest BCUT2D eigenvalue weighted by molar-refractivity contribution is 7.90. The summed E-state index contributed by atoms with van der Waals surface area (Å²) in [6, 6.07) is 7.22. The van der Waals surface area contributed by atoms with Gasteiger partial charge in [0.2, 0.25) is 0 Å². The van der Waals surface area contributed by atoms with Crippen molar-refractivity contribution in [1.82, 2.24) is 10.1 Å². The Bertz CT molecular complexity index is 694. The Labute approximate surface area is 118 Å². The zero-order valence-corrected chi connectivity index (χ0v) is 12.4. The molecule has 1 unspecified atom stereocenters. The number of hydrogen-bond donors (Lipinski definition) is 1. The third-order valence-corrected chi connectivity index (χ3v) is 3.75. The van der Waals surface area contributed by atoms with E-state index >= 15 is 0 Å². The lowest BCUT2D eigenvalue weighted by Crippen LogP contribution is -2.25. The predicted molar refractivity (Wildman–Crippen MR) is 77.3 cm³/mol. The minimum absolute atomic E-state index is 0.0597. The molecule has 2 aromatic rings. The summed E-state index contributed by atoms with van der Waals surface area (Å²) >= 11 is 0. The zero-order chi connectivity index (χ0) is 14.8. The third kappa shape index (κ3) is 3.80. The average Bonchev–Trinajstić information content (AvgIpc) is 2.74. The van der Waals surface area contributed by atoms with Crippen LogP contribution in [0.3, 0.4) is 0 Å².